The zero-order valence-corrected chi connectivity index (χ0v) is 18.0. The zero-order valence-electron chi connectivity index (χ0n) is 18.0. The first-order chi connectivity index (χ1) is 15.5. The Kier molecular flexibility index (Phi) is 5.56. The summed E-state index contributed by atoms with van der Waals surface area (Å²) >= 11 is 0. The van der Waals surface area contributed by atoms with E-state index in [2.05, 4.69) is 11.1 Å². The van der Waals surface area contributed by atoms with E-state index in [0.29, 0.717) is 40.6 Å². The van der Waals surface area contributed by atoms with Gasteiger partial charge in [-0.2, -0.15) is 5.26 Å². The molecule has 0 saturated carbocycles. The Morgan fingerprint density at radius 2 is 1.97 bits per heavy atom. The molecule has 32 heavy (non-hydrogen) atoms. The third-order valence-corrected chi connectivity index (χ3v) is 5.48. The molecule has 8 heteroatoms. The number of fused-ring (bicyclic) bond motifs is 1. The number of nitriles is 1. The standard InChI is InChI=1S/C24H22N4O4/c1-14-10-20-22(24(29)28(14)13-16-6-4-5-9-27-16)21(17(12-25)23(26)32-20)15-7-8-18(30-2)19(11-15)31-3/h4-11,21H,13,26H2,1-3H3/t21-/m1/s1. The lowest BCUT2D eigenvalue weighted by Gasteiger charge is -2.27. The van der Waals surface area contributed by atoms with E-state index >= 15 is 0 Å². The van der Waals surface area contributed by atoms with Crippen molar-refractivity contribution in [3.63, 3.8) is 0 Å². The molecular formula is C24H22N4O4. The molecule has 1 aliphatic rings. The molecular weight excluding hydrogens is 408 g/mol. The topological polar surface area (TPSA) is 112 Å². The molecule has 2 aromatic heterocycles. The Labute approximate surface area is 185 Å². The molecule has 162 valence electrons. The van der Waals surface area contributed by atoms with Gasteiger partial charge in [0, 0.05) is 18.0 Å². The van der Waals surface area contributed by atoms with Crippen LogP contribution < -0.4 is 25.5 Å². The highest BCUT2D eigenvalue weighted by Gasteiger charge is 2.35. The van der Waals surface area contributed by atoms with Gasteiger partial charge in [-0.3, -0.25) is 9.78 Å². The smallest absolute Gasteiger partial charge is 0.259 e. The van der Waals surface area contributed by atoms with Crippen LogP contribution in [-0.4, -0.2) is 23.8 Å². The van der Waals surface area contributed by atoms with Crippen molar-refractivity contribution >= 4 is 0 Å². The Bertz CT molecular complexity index is 1310. The molecule has 4 rings (SSSR count). The molecule has 0 fully saturated rings. The second-order valence-electron chi connectivity index (χ2n) is 7.32. The van der Waals surface area contributed by atoms with Gasteiger partial charge in [-0.25, -0.2) is 0 Å². The summed E-state index contributed by atoms with van der Waals surface area (Å²) in [6.45, 7) is 2.11. The van der Waals surface area contributed by atoms with Gasteiger partial charge in [0.15, 0.2) is 11.5 Å². The van der Waals surface area contributed by atoms with E-state index in [9.17, 15) is 10.1 Å². The van der Waals surface area contributed by atoms with Gasteiger partial charge in [-0.1, -0.05) is 12.1 Å². The largest absolute Gasteiger partial charge is 0.493 e. The molecule has 1 atom stereocenters. The lowest BCUT2D eigenvalue weighted by atomic mass is 9.84. The average Bonchev–Trinajstić information content (AvgIpc) is 2.81. The van der Waals surface area contributed by atoms with E-state index in [0.717, 1.165) is 5.69 Å². The maximum Gasteiger partial charge on any atom is 0.259 e. The number of aryl methyl sites for hydroxylation is 1. The Balaban J connectivity index is 1.93. The van der Waals surface area contributed by atoms with Gasteiger partial charge in [-0.05, 0) is 36.8 Å². The van der Waals surface area contributed by atoms with Crippen molar-refractivity contribution in [2.45, 2.75) is 19.4 Å². The molecule has 2 N–H and O–H groups in total. The number of hydrogen-bond acceptors (Lipinski definition) is 7. The second-order valence-corrected chi connectivity index (χ2v) is 7.32. The summed E-state index contributed by atoms with van der Waals surface area (Å²) in [7, 11) is 3.07. The van der Waals surface area contributed by atoms with Crippen LogP contribution >= 0.6 is 0 Å². The molecule has 3 aromatic rings. The summed E-state index contributed by atoms with van der Waals surface area (Å²) in [5.74, 6) is 0.610. The van der Waals surface area contributed by atoms with Crippen LogP contribution in [0.15, 0.2) is 64.9 Å². The Morgan fingerprint density at radius 1 is 1.19 bits per heavy atom. The minimum absolute atomic E-state index is 0.0268. The van der Waals surface area contributed by atoms with Crippen molar-refractivity contribution in [1.82, 2.24) is 9.55 Å². The molecule has 0 amide bonds. The van der Waals surface area contributed by atoms with Crippen molar-refractivity contribution in [3.8, 4) is 23.3 Å². The van der Waals surface area contributed by atoms with Crippen LogP contribution in [0, 0.1) is 18.3 Å². The Hall–Kier alpha value is -4.25. The molecule has 8 nitrogen and oxygen atoms in total. The molecule has 0 aliphatic carbocycles. The van der Waals surface area contributed by atoms with Crippen LogP contribution in [0.5, 0.6) is 17.2 Å². The molecule has 0 radical (unpaired) electrons. The summed E-state index contributed by atoms with van der Waals surface area (Å²) in [6, 6.07) is 14.7. The van der Waals surface area contributed by atoms with Crippen molar-refractivity contribution in [2.24, 2.45) is 5.73 Å². The first-order valence-corrected chi connectivity index (χ1v) is 9.92. The van der Waals surface area contributed by atoms with E-state index in [1.807, 2.05) is 25.1 Å². The highest BCUT2D eigenvalue weighted by atomic mass is 16.5. The fourth-order valence-electron chi connectivity index (χ4n) is 3.90. The van der Waals surface area contributed by atoms with Crippen LogP contribution in [-0.2, 0) is 6.54 Å². The fourth-order valence-corrected chi connectivity index (χ4v) is 3.90. The number of ether oxygens (including phenoxy) is 3. The lowest BCUT2D eigenvalue weighted by Crippen LogP contribution is -2.33. The van der Waals surface area contributed by atoms with Crippen molar-refractivity contribution in [1.29, 1.82) is 5.26 Å². The van der Waals surface area contributed by atoms with E-state index in [-0.39, 0.29) is 17.0 Å². The summed E-state index contributed by atoms with van der Waals surface area (Å²) in [6.07, 6.45) is 1.68. The number of methoxy groups -OCH3 is 2. The molecule has 3 heterocycles. The minimum Gasteiger partial charge on any atom is -0.493 e. The van der Waals surface area contributed by atoms with Gasteiger partial charge in [-0.15, -0.1) is 0 Å². The zero-order chi connectivity index (χ0) is 22.8. The normalized spacial score (nSPS) is 14.9. The number of nitrogens with two attached hydrogens (primary N) is 1. The fraction of sp³-hybridized carbons (Fsp3) is 0.208. The van der Waals surface area contributed by atoms with Crippen LogP contribution in [0.25, 0.3) is 0 Å². The van der Waals surface area contributed by atoms with E-state index in [1.165, 1.54) is 7.11 Å². The number of hydrogen-bond donors (Lipinski definition) is 1. The van der Waals surface area contributed by atoms with Crippen LogP contribution in [0.2, 0.25) is 0 Å². The van der Waals surface area contributed by atoms with Gasteiger partial charge in [0.1, 0.15) is 17.4 Å². The summed E-state index contributed by atoms with van der Waals surface area (Å²) in [4.78, 5) is 18.0. The maximum absolute atomic E-state index is 13.7. The van der Waals surface area contributed by atoms with E-state index in [4.69, 9.17) is 19.9 Å². The Morgan fingerprint density at radius 3 is 2.62 bits per heavy atom. The van der Waals surface area contributed by atoms with Crippen LogP contribution in [0.4, 0.5) is 0 Å². The number of nitrogens with zero attached hydrogens (tertiary/aromatic N) is 3. The van der Waals surface area contributed by atoms with Gasteiger partial charge in [0.25, 0.3) is 5.56 Å². The van der Waals surface area contributed by atoms with Crippen molar-refractivity contribution in [3.05, 3.63) is 93.0 Å². The number of pyridine rings is 2. The van der Waals surface area contributed by atoms with Crippen LogP contribution in [0.3, 0.4) is 0 Å². The van der Waals surface area contributed by atoms with E-state index in [1.54, 1.807) is 42.1 Å². The molecule has 0 spiro atoms. The third kappa shape index (κ3) is 3.54. The average molecular weight is 430 g/mol. The van der Waals surface area contributed by atoms with Crippen molar-refractivity contribution in [2.75, 3.05) is 14.2 Å². The van der Waals surface area contributed by atoms with Gasteiger partial charge >= 0.3 is 0 Å². The number of allylic oxidation sites excluding steroid dienone is 1. The molecule has 0 bridgehead atoms. The summed E-state index contributed by atoms with van der Waals surface area (Å²) < 4.78 is 18.1. The first kappa shape index (κ1) is 21.0. The molecule has 1 aromatic carbocycles. The quantitative estimate of drug-likeness (QED) is 0.662. The number of benzene rings is 1. The maximum atomic E-state index is 13.7. The van der Waals surface area contributed by atoms with Gasteiger partial charge in [0.05, 0.1) is 37.9 Å². The SMILES string of the molecule is COc1ccc([C@@H]2C(C#N)=C(N)Oc3cc(C)n(Cc4ccccn4)c(=O)c32)cc1OC. The molecule has 0 unspecified atom stereocenters. The van der Waals surface area contributed by atoms with Crippen LogP contribution in [0.1, 0.15) is 28.4 Å². The van der Waals surface area contributed by atoms with Gasteiger partial charge < -0.3 is 24.5 Å². The second kappa shape index (κ2) is 8.47. The van der Waals surface area contributed by atoms with Crippen molar-refractivity contribution < 1.29 is 14.2 Å². The summed E-state index contributed by atoms with van der Waals surface area (Å²) in [5.41, 5.74) is 8.41. The number of rotatable bonds is 5. The lowest BCUT2D eigenvalue weighted by molar-refractivity contribution is 0.354. The van der Waals surface area contributed by atoms with E-state index < -0.39 is 5.92 Å². The predicted octanol–water partition coefficient (Wildman–Crippen LogP) is 2.84. The predicted molar refractivity (Wildman–Crippen MR) is 118 cm³/mol. The number of aromatic nitrogens is 2. The third-order valence-electron chi connectivity index (χ3n) is 5.48. The monoisotopic (exact) mass is 430 g/mol. The first-order valence-electron chi connectivity index (χ1n) is 9.92. The molecule has 0 saturated heterocycles. The highest BCUT2D eigenvalue weighted by Crippen LogP contribution is 2.42. The minimum atomic E-state index is -0.716. The highest BCUT2D eigenvalue weighted by molar-refractivity contribution is 5.57. The summed E-state index contributed by atoms with van der Waals surface area (Å²) in [5, 5.41) is 9.85. The molecule has 1 aliphatic heterocycles. The van der Waals surface area contributed by atoms with Gasteiger partial charge in [0.2, 0.25) is 5.88 Å².